The summed E-state index contributed by atoms with van der Waals surface area (Å²) in [5.41, 5.74) is 8.56. The quantitative estimate of drug-likeness (QED) is 0.462. The molecule has 110 valence electrons. The Morgan fingerprint density at radius 1 is 1.60 bits per heavy atom. The maximum absolute atomic E-state index is 11.8. The second kappa shape index (κ2) is 6.08. The molecule has 9 nitrogen and oxygen atoms in total. The lowest BCUT2D eigenvalue weighted by molar-refractivity contribution is -0.128. The van der Waals surface area contributed by atoms with Gasteiger partial charge in [-0.15, -0.1) is 0 Å². The Morgan fingerprint density at radius 3 is 3.00 bits per heavy atom. The molecule has 2 aliphatic rings. The van der Waals surface area contributed by atoms with Gasteiger partial charge in [0, 0.05) is 25.0 Å². The SMILES string of the molecule is COC[C@H]1O[C@@H](N2CC(C)C(=O)NC2=O)C[C@@H]1N=[N+]=[N-]. The van der Waals surface area contributed by atoms with Crippen molar-refractivity contribution in [2.24, 2.45) is 11.0 Å². The van der Waals surface area contributed by atoms with Crippen molar-refractivity contribution in [3.8, 4) is 0 Å². The average molecular weight is 283 g/mol. The zero-order valence-electron chi connectivity index (χ0n) is 11.4. The van der Waals surface area contributed by atoms with Gasteiger partial charge in [-0.3, -0.25) is 15.0 Å². The van der Waals surface area contributed by atoms with Crippen LogP contribution in [0.15, 0.2) is 5.11 Å². The summed E-state index contributed by atoms with van der Waals surface area (Å²) in [6, 6.07) is -0.860. The van der Waals surface area contributed by atoms with Crippen molar-refractivity contribution in [2.45, 2.75) is 31.7 Å². The van der Waals surface area contributed by atoms with E-state index in [4.69, 9.17) is 15.0 Å². The monoisotopic (exact) mass is 283 g/mol. The highest BCUT2D eigenvalue weighted by molar-refractivity contribution is 5.97. The number of hydrogen-bond acceptors (Lipinski definition) is 5. The highest BCUT2D eigenvalue weighted by Crippen LogP contribution is 2.28. The van der Waals surface area contributed by atoms with E-state index in [1.807, 2.05) is 0 Å². The largest absolute Gasteiger partial charge is 0.382 e. The predicted molar refractivity (Wildman–Crippen MR) is 67.5 cm³/mol. The van der Waals surface area contributed by atoms with Crippen LogP contribution in [-0.2, 0) is 14.3 Å². The number of carbonyl (C=O) groups is 2. The standard InChI is InChI=1S/C11H17N5O4/c1-6-4-16(11(18)13-10(6)17)9-3-7(14-15-12)8(20-9)5-19-2/h6-9H,3-5H2,1-2H3,(H,13,17,18)/t6?,7-,8+,9+/m0/s1. The second-order valence-electron chi connectivity index (χ2n) is 4.94. The van der Waals surface area contributed by atoms with Gasteiger partial charge in [-0.05, 0) is 5.53 Å². The number of amides is 3. The molecule has 0 aromatic rings. The number of nitrogens with one attached hydrogen (secondary N) is 1. The lowest BCUT2D eigenvalue weighted by atomic mass is 10.1. The van der Waals surface area contributed by atoms with Gasteiger partial charge in [-0.1, -0.05) is 12.0 Å². The molecule has 2 rings (SSSR count). The highest BCUT2D eigenvalue weighted by Gasteiger charge is 2.42. The van der Waals surface area contributed by atoms with Gasteiger partial charge in [0.15, 0.2) is 0 Å². The molecule has 0 aromatic heterocycles. The van der Waals surface area contributed by atoms with Gasteiger partial charge in [0.05, 0.1) is 24.7 Å². The van der Waals surface area contributed by atoms with Crippen LogP contribution in [0.3, 0.4) is 0 Å². The molecule has 1 N–H and O–H groups in total. The van der Waals surface area contributed by atoms with E-state index in [0.29, 0.717) is 6.42 Å². The first-order chi connectivity index (χ1) is 9.56. The molecule has 9 heteroatoms. The van der Waals surface area contributed by atoms with E-state index in [9.17, 15) is 9.59 Å². The van der Waals surface area contributed by atoms with Gasteiger partial charge >= 0.3 is 6.03 Å². The van der Waals surface area contributed by atoms with Crippen molar-refractivity contribution in [2.75, 3.05) is 20.3 Å². The van der Waals surface area contributed by atoms with Gasteiger partial charge in [0.2, 0.25) is 5.91 Å². The van der Waals surface area contributed by atoms with Gasteiger partial charge < -0.3 is 9.47 Å². The Hall–Kier alpha value is -1.83. The Labute approximate surface area is 115 Å². The maximum Gasteiger partial charge on any atom is 0.326 e. The summed E-state index contributed by atoms with van der Waals surface area (Å²) in [6.07, 6.45) is -0.505. The van der Waals surface area contributed by atoms with E-state index in [1.165, 1.54) is 12.0 Å². The van der Waals surface area contributed by atoms with E-state index >= 15 is 0 Å². The van der Waals surface area contributed by atoms with Crippen molar-refractivity contribution in [1.82, 2.24) is 10.2 Å². The number of methoxy groups -OCH3 is 1. The zero-order valence-corrected chi connectivity index (χ0v) is 11.4. The maximum atomic E-state index is 11.8. The third-order valence-corrected chi connectivity index (χ3v) is 3.49. The molecule has 0 aromatic carbocycles. The van der Waals surface area contributed by atoms with E-state index in [2.05, 4.69) is 15.3 Å². The molecule has 20 heavy (non-hydrogen) atoms. The first-order valence-corrected chi connectivity index (χ1v) is 6.37. The summed E-state index contributed by atoms with van der Waals surface area (Å²) in [7, 11) is 1.53. The van der Waals surface area contributed by atoms with Crippen molar-refractivity contribution < 1.29 is 19.1 Å². The number of carbonyl (C=O) groups excluding carboxylic acids is 2. The Kier molecular flexibility index (Phi) is 4.43. The van der Waals surface area contributed by atoms with Crippen LogP contribution < -0.4 is 5.32 Å². The Bertz CT molecular complexity index is 450. The molecule has 0 bridgehead atoms. The van der Waals surface area contributed by atoms with Crippen LogP contribution in [0.2, 0.25) is 0 Å². The minimum atomic E-state index is -0.513. The molecule has 0 spiro atoms. The minimum absolute atomic E-state index is 0.282. The van der Waals surface area contributed by atoms with Crippen molar-refractivity contribution >= 4 is 11.9 Å². The van der Waals surface area contributed by atoms with E-state index in [1.54, 1.807) is 6.92 Å². The topological polar surface area (TPSA) is 117 Å². The first-order valence-electron chi connectivity index (χ1n) is 6.37. The van der Waals surface area contributed by atoms with E-state index in [-0.39, 0.29) is 37.1 Å². The zero-order chi connectivity index (χ0) is 14.7. The van der Waals surface area contributed by atoms with E-state index in [0.717, 1.165) is 0 Å². The normalized spacial score (nSPS) is 33.8. The number of rotatable bonds is 4. The average Bonchev–Trinajstić information content (AvgIpc) is 2.78. The molecule has 2 heterocycles. The molecule has 1 unspecified atom stereocenters. The summed E-state index contributed by atoms with van der Waals surface area (Å²) in [5, 5.41) is 5.96. The molecule has 2 fully saturated rings. The van der Waals surface area contributed by atoms with Crippen LogP contribution in [0, 0.1) is 5.92 Å². The van der Waals surface area contributed by atoms with Crippen LogP contribution >= 0.6 is 0 Å². The first kappa shape index (κ1) is 14.6. The Balaban J connectivity index is 2.08. The highest BCUT2D eigenvalue weighted by atomic mass is 16.6. The molecule has 0 radical (unpaired) electrons. The lowest BCUT2D eigenvalue weighted by Crippen LogP contribution is -2.57. The van der Waals surface area contributed by atoms with Gasteiger partial charge in [-0.25, -0.2) is 4.79 Å². The predicted octanol–water partition coefficient (Wildman–Crippen LogP) is 0.615. The van der Waals surface area contributed by atoms with E-state index < -0.39 is 12.3 Å². The van der Waals surface area contributed by atoms with Crippen LogP contribution in [0.25, 0.3) is 10.4 Å². The number of urea groups is 1. The number of azide groups is 1. The Morgan fingerprint density at radius 2 is 2.35 bits per heavy atom. The summed E-state index contributed by atoms with van der Waals surface area (Å²) in [5.74, 6) is -0.583. The van der Waals surface area contributed by atoms with Crippen LogP contribution in [-0.4, -0.2) is 55.5 Å². The molecule has 2 saturated heterocycles. The smallest absolute Gasteiger partial charge is 0.326 e. The van der Waals surface area contributed by atoms with Gasteiger partial charge in [0.25, 0.3) is 0 Å². The molecule has 3 amide bonds. The summed E-state index contributed by atoms with van der Waals surface area (Å²) >= 11 is 0. The molecule has 4 atom stereocenters. The fourth-order valence-electron chi connectivity index (χ4n) is 2.42. The number of imide groups is 1. The third-order valence-electron chi connectivity index (χ3n) is 3.49. The number of nitrogens with zero attached hydrogens (tertiary/aromatic N) is 4. The van der Waals surface area contributed by atoms with Crippen LogP contribution in [0.1, 0.15) is 13.3 Å². The molecular weight excluding hydrogens is 266 g/mol. The number of ether oxygens (including phenoxy) is 2. The van der Waals surface area contributed by atoms with Crippen LogP contribution in [0.4, 0.5) is 4.79 Å². The lowest BCUT2D eigenvalue weighted by Gasteiger charge is -2.34. The summed E-state index contributed by atoms with van der Waals surface area (Å²) < 4.78 is 10.7. The number of hydrogen-bond donors (Lipinski definition) is 1. The van der Waals surface area contributed by atoms with Crippen LogP contribution in [0.5, 0.6) is 0 Å². The molecular formula is C11H17N5O4. The second-order valence-corrected chi connectivity index (χ2v) is 4.94. The summed E-state index contributed by atoms with van der Waals surface area (Å²) in [4.78, 5) is 27.5. The summed E-state index contributed by atoms with van der Waals surface area (Å²) in [6.45, 7) is 2.31. The molecule has 2 aliphatic heterocycles. The minimum Gasteiger partial charge on any atom is -0.382 e. The fraction of sp³-hybridized carbons (Fsp3) is 0.818. The third kappa shape index (κ3) is 2.84. The van der Waals surface area contributed by atoms with Crippen molar-refractivity contribution in [1.29, 1.82) is 0 Å². The fourth-order valence-corrected chi connectivity index (χ4v) is 2.42. The van der Waals surface area contributed by atoms with Crippen molar-refractivity contribution in [3.05, 3.63) is 10.4 Å². The molecule has 0 aliphatic carbocycles. The van der Waals surface area contributed by atoms with Gasteiger partial charge in [0.1, 0.15) is 6.23 Å². The van der Waals surface area contributed by atoms with Crippen molar-refractivity contribution in [3.63, 3.8) is 0 Å². The molecule has 0 saturated carbocycles. The van der Waals surface area contributed by atoms with Gasteiger partial charge in [-0.2, -0.15) is 0 Å².